The highest BCUT2D eigenvalue weighted by molar-refractivity contribution is 7.89. The molecule has 226 valence electrons. The standard InChI is InChI=1S/C31H29F2N7O3S/c1-3-10-38-16-24(15-35-38)44(42,43)39-17-26-29(30(41)37-28-9-6-22(33)14-34-28)31(26,18-39)25-12-20-13-36-40(27(20)11-19(25)2)23-7-4-21(32)5-8-23/h4-9,11-16,26,29H,3,10,17-18H2,1-2H3,(H,34,37,41)/t26-,29+,31+/m1/s1. The fourth-order valence-corrected chi connectivity index (χ4v) is 8.20. The minimum absolute atomic E-state index is 0.104. The fraction of sp³-hybridized carbons (Fsp3) is 0.290. The summed E-state index contributed by atoms with van der Waals surface area (Å²) in [7, 11) is -3.87. The summed E-state index contributed by atoms with van der Waals surface area (Å²) in [4.78, 5) is 17.8. The maximum absolute atomic E-state index is 13.8. The number of hydrogen-bond donors (Lipinski definition) is 1. The lowest BCUT2D eigenvalue weighted by Gasteiger charge is -2.24. The molecule has 0 bridgehead atoms. The Morgan fingerprint density at radius 2 is 1.82 bits per heavy atom. The fourth-order valence-electron chi connectivity index (χ4n) is 6.73. The van der Waals surface area contributed by atoms with Gasteiger partial charge in [0.25, 0.3) is 0 Å². The molecule has 2 aromatic carbocycles. The molecule has 1 aliphatic heterocycles. The van der Waals surface area contributed by atoms with Crippen LogP contribution in [0.1, 0.15) is 24.5 Å². The van der Waals surface area contributed by atoms with Gasteiger partial charge in [0.15, 0.2) is 0 Å². The molecular weight excluding hydrogens is 588 g/mol. The van der Waals surface area contributed by atoms with Crippen molar-refractivity contribution in [2.75, 3.05) is 18.4 Å². The van der Waals surface area contributed by atoms with Crippen LogP contribution in [-0.2, 0) is 26.8 Å². The predicted octanol–water partition coefficient (Wildman–Crippen LogP) is 4.44. The number of fused-ring (bicyclic) bond motifs is 2. The summed E-state index contributed by atoms with van der Waals surface area (Å²) < 4.78 is 59.3. The summed E-state index contributed by atoms with van der Waals surface area (Å²) in [6.07, 6.45) is 6.46. The van der Waals surface area contributed by atoms with Crippen LogP contribution in [-0.4, -0.2) is 56.3 Å². The molecule has 2 fully saturated rings. The lowest BCUT2D eigenvalue weighted by Crippen LogP contribution is -2.37. The number of carbonyl (C=O) groups is 1. The summed E-state index contributed by atoms with van der Waals surface area (Å²) >= 11 is 0. The molecule has 4 heterocycles. The maximum atomic E-state index is 13.8. The number of rotatable bonds is 8. The summed E-state index contributed by atoms with van der Waals surface area (Å²) in [6.45, 7) is 4.79. The van der Waals surface area contributed by atoms with Crippen molar-refractivity contribution < 1.29 is 22.0 Å². The van der Waals surface area contributed by atoms with Crippen molar-refractivity contribution in [1.82, 2.24) is 28.9 Å². The normalized spacial score (nSPS) is 21.5. The van der Waals surface area contributed by atoms with E-state index in [0.717, 1.165) is 34.6 Å². The maximum Gasteiger partial charge on any atom is 0.246 e. The van der Waals surface area contributed by atoms with Crippen molar-refractivity contribution in [3.63, 3.8) is 0 Å². The second-order valence-electron chi connectivity index (χ2n) is 11.5. The van der Waals surface area contributed by atoms with Gasteiger partial charge < -0.3 is 5.32 Å². The number of aryl methyl sites for hydroxylation is 2. The average Bonchev–Trinajstić information content (AvgIpc) is 3.44. The van der Waals surface area contributed by atoms with Crippen LogP contribution in [0.15, 0.2) is 78.2 Å². The third-order valence-electron chi connectivity index (χ3n) is 8.80. The van der Waals surface area contributed by atoms with Crippen LogP contribution in [0.3, 0.4) is 0 Å². The van der Waals surface area contributed by atoms with E-state index in [0.29, 0.717) is 12.2 Å². The Morgan fingerprint density at radius 3 is 2.55 bits per heavy atom. The minimum Gasteiger partial charge on any atom is -0.310 e. The monoisotopic (exact) mass is 617 g/mol. The zero-order valence-corrected chi connectivity index (χ0v) is 24.8. The largest absolute Gasteiger partial charge is 0.310 e. The number of amides is 1. The van der Waals surface area contributed by atoms with Gasteiger partial charge in [-0.3, -0.25) is 9.48 Å². The van der Waals surface area contributed by atoms with Gasteiger partial charge in [0.05, 0.1) is 35.7 Å². The SMILES string of the molecule is CCCn1cc(S(=O)(=O)N2C[C@@H]3[C@@H](C(=O)Nc4ccc(F)cn4)[C@]3(c3cc4cnn(-c5ccc(F)cc5)c4cc3C)C2)cn1. The molecule has 0 spiro atoms. The first-order chi connectivity index (χ1) is 21.1. The Hall–Kier alpha value is -4.49. The van der Waals surface area contributed by atoms with E-state index in [-0.39, 0.29) is 41.4 Å². The second kappa shape index (κ2) is 10.3. The number of anilines is 1. The number of piperidine rings is 1. The molecule has 13 heteroatoms. The highest BCUT2D eigenvalue weighted by Crippen LogP contribution is 2.66. The number of pyridine rings is 1. The number of sulfonamides is 1. The minimum atomic E-state index is -3.87. The van der Waals surface area contributed by atoms with Crippen LogP contribution in [0, 0.1) is 30.4 Å². The lowest BCUT2D eigenvalue weighted by molar-refractivity contribution is -0.118. The number of nitrogens with one attached hydrogen (secondary N) is 1. The number of aromatic nitrogens is 5. The van der Waals surface area contributed by atoms with Crippen LogP contribution in [0.25, 0.3) is 16.6 Å². The van der Waals surface area contributed by atoms with Crippen molar-refractivity contribution in [2.45, 2.75) is 37.1 Å². The Bertz CT molecular complexity index is 2010. The highest BCUT2D eigenvalue weighted by Gasteiger charge is 2.74. The van der Waals surface area contributed by atoms with Gasteiger partial charge in [0.2, 0.25) is 15.9 Å². The smallest absolute Gasteiger partial charge is 0.246 e. The van der Waals surface area contributed by atoms with E-state index in [4.69, 9.17) is 0 Å². The van der Waals surface area contributed by atoms with E-state index < -0.39 is 27.2 Å². The molecule has 0 radical (unpaired) electrons. The molecule has 3 atom stereocenters. The Kier molecular flexibility index (Phi) is 6.63. The van der Waals surface area contributed by atoms with Gasteiger partial charge in [-0.2, -0.15) is 14.5 Å². The predicted molar refractivity (Wildman–Crippen MR) is 159 cm³/mol. The average molecular weight is 618 g/mol. The van der Waals surface area contributed by atoms with E-state index in [1.807, 2.05) is 26.0 Å². The number of hydrogen-bond acceptors (Lipinski definition) is 6. The van der Waals surface area contributed by atoms with Crippen molar-refractivity contribution in [1.29, 1.82) is 0 Å². The van der Waals surface area contributed by atoms with E-state index in [1.54, 1.807) is 33.9 Å². The van der Waals surface area contributed by atoms with Crippen LogP contribution >= 0.6 is 0 Å². The Morgan fingerprint density at radius 1 is 1.05 bits per heavy atom. The molecule has 7 rings (SSSR count). The van der Waals surface area contributed by atoms with Gasteiger partial charge in [0, 0.05) is 36.6 Å². The zero-order chi connectivity index (χ0) is 30.8. The molecule has 0 unspecified atom stereocenters. The van der Waals surface area contributed by atoms with Gasteiger partial charge in [0.1, 0.15) is 22.3 Å². The first-order valence-corrected chi connectivity index (χ1v) is 15.8. The van der Waals surface area contributed by atoms with E-state index in [1.165, 1.54) is 34.8 Å². The molecule has 1 amide bonds. The number of benzene rings is 2. The number of halogens is 2. The quantitative estimate of drug-likeness (QED) is 0.275. The molecule has 1 saturated heterocycles. The second-order valence-corrected chi connectivity index (χ2v) is 13.4. The summed E-state index contributed by atoms with van der Waals surface area (Å²) in [5.41, 5.74) is 2.43. The van der Waals surface area contributed by atoms with Crippen LogP contribution in [0.4, 0.5) is 14.6 Å². The first-order valence-electron chi connectivity index (χ1n) is 14.3. The van der Waals surface area contributed by atoms with Crippen LogP contribution in [0.2, 0.25) is 0 Å². The molecular formula is C31H29F2N7O3S. The molecule has 3 aromatic heterocycles. The molecule has 10 nitrogen and oxygen atoms in total. The van der Waals surface area contributed by atoms with Gasteiger partial charge in [-0.15, -0.1) is 0 Å². The summed E-state index contributed by atoms with van der Waals surface area (Å²) in [5.74, 6) is -1.78. The van der Waals surface area contributed by atoms with Gasteiger partial charge >= 0.3 is 0 Å². The third kappa shape index (κ3) is 4.49. The van der Waals surface area contributed by atoms with Crippen LogP contribution in [0.5, 0.6) is 0 Å². The summed E-state index contributed by atoms with van der Waals surface area (Å²) in [5, 5.41) is 12.3. The molecule has 1 saturated carbocycles. The zero-order valence-electron chi connectivity index (χ0n) is 24.0. The summed E-state index contributed by atoms with van der Waals surface area (Å²) in [6, 6.07) is 12.6. The molecule has 2 aliphatic rings. The molecule has 5 aromatic rings. The van der Waals surface area contributed by atoms with Gasteiger partial charge in [-0.25, -0.2) is 26.9 Å². The number of nitrogens with zero attached hydrogens (tertiary/aromatic N) is 6. The molecule has 1 aliphatic carbocycles. The van der Waals surface area contributed by atoms with E-state index in [2.05, 4.69) is 20.5 Å². The first kappa shape index (κ1) is 28.3. The van der Waals surface area contributed by atoms with E-state index >= 15 is 0 Å². The van der Waals surface area contributed by atoms with Crippen molar-refractivity contribution in [3.8, 4) is 5.69 Å². The lowest BCUT2D eigenvalue weighted by atomic mass is 9.88. The Balaban J connectivity index is 1.27. The van der Waals surface area contributed by atoms with Crippen molar-refractivity contribution in [3.05, 3.63) is 96.1 Å². The van der Waals surface area contributed by atoms with Crippen molar-refractivity contribution >= 4 is 32.7 Å². The van der Waals surface area contributed by atoms with Gasteiger partial charge in [-0.05, 0) is 78.9 Å². The molecule has 44 heavy (non-hydrogen) atoms. The highest BCUT2D eigenvalue weighted by atomic mass is 32.2. The van der Waals surface area contributed by atoms with E-state index in [9.17, 15) is 22.0 Å². The Labute approximate surface area is 252 Å². The number of carbonyl (C=O) groups excluding carboxylic acids is 1. The van der Waals surface area contributed by atoms with Crippen molar-refractivity contribution in [2.24, 2.45) is 11.8 Å². The van der Waals surface area contributed by atoms with Crippen LogP contribution < -0.4 is 5.32 Å². The van der Waals surface area contributed by atoms with Gasteiger partial charge in [-0.1, -0.05) is 6.92 Å². The topological polar surface area (TPSA) is 115 Å². The molecule has 1 N–H and O–H groups in total. The third-order valence-corrected chi connectivity index (χ3v) is 10.6.